The first-order valence-electron chi connectivity index (χ1n) is 5.05. The summed E-state index contributed by atoms with van der Waals surface area (Å²) >= 11 is 5.80. The summed E-state index contributed by atoms with van der Waals surface area (Å²) in [6.07, 6.45) is 0. The number of carbonyl (C=O) groups is 1. The summed E-state index contributed by atoms with van der Waals surface area (Å²) in [6.45, 7) is 5.62. The summed E-state index contributed by atoms with van der Waals surface area (Å²) in [5, 5.41) is 9.53. The third kappa shape index (κ3) is 2.47. The van der Waals surface area contributed by atoms with Gasteiger partial charge in [-0.25, -0.2) is 0 Å². The molecule has 4 heteroatoms. The number of rotatable bonds is 3. The molecular weight excluding hydrogens is 228 g/mol. The van der Waals surface area contributed by atoms with Crippen LogP contribution in [0.5, 0.6) is 5.75 Å². The Labute approximate surface area is 100.0 Å². The van der Waals surface area contributed by atoms with E-state index in [0.29, 0.717) is 12.2 Å². The molecule has 1 rings (SSSR count). The lowest BCUT2D eigenvalue weighted by Crippen LogP contribution is -2.31. The lowest BCUT2D eigenvalue weighted by Gasteiger charge is -2.23. The zero-order valence-corrected chi connectivity index (χ0v) is 10.3. The highest BCUT2D eigenvalue weighted by Gasteiger charge is 2.31. The van der Waals surface area contributed by atoms with Crippen LogP contribution < -0.4 is 0 Å². The molecule has 0 heterocycles. The van der Waals surface area contributed by atoms with Crippen LogP contribution in [0.3, 0.4) is 0 Å². The Hall–Kier alpha value is -1.22. The number of benzene rings is 1. The standard InChI is InChI=1S/C12H15ClO3/c1-4-16-11(15)12(2,3)8-5-6-10(14)9(13)7-8/h5-7,14H,4H2,1-3H3. The first-order valence-corrected chi connectivity index (χ1v) is 5.43. The van der Waals surface area contributed by atoms with Gasteiger partial charge in [-0.2, -0.15) is 0 Å². The van der Waals surface area contributed by atoms with Gasteiger partial charge in [0.05, 0.1) is 17.0 Å². The van der Waals surface area contributed by atoms with Crippen molar-refractivity contribution in [1.29, 1.82) is 0 Å². The van der Waals surface area contributed by atoms with Crippen LogP contribution in [0.25, 0.3) is 0 Å². The fraction of sp³-hybridized carbons (Fsp3) is 0.417. The Kier molecular flexibility index (Phi) is 3.81. The Morgan fingerprint density at radius 2 is 2.12 bits per heavy atom. The number of hydrogen-bond donors (Lipinski definition) is 1. The highest BCUT2D eigenvalue weighted by molar-refractivity contribution is 6.32. The minimum Gasteiger partial charge on any atom is -0.506 e. The smallest absolute Gasteiger partial charge is 0.315 e. The average Bonchev–Trinajstić information content (AvgIpc) is 2.22. The van der Waals surface area contributed by atoms with Crippen LogP contribution in [0.1, 0.15) is 26.3 Å². The van der Waals surface area contributed by atoms with Gasteiger partial charge in [0, 0.05) is 0 Å². The number of aromatic hydroxyl groups is 1. The van der Waals surface area contributed by atoms with Crippen LogP contribution in [0, 0.1) is 0 Å². The summed E-state index contributed by atoms with van der Waals surface area (Å²) in [5.41, 5.74) is -0.0541. The molecule has 0 amide bonds. The minimum atomic E-state index is -0.770. The summed E-state index contributed by atoms with van der Waals surface area (Å²) < 4.78 is 4.99. The van der Waals surface area contributed by atoms with Crippen molar-refractivity contribution in [2.24, 2.45) is 0 Å². The molecule has 0 atom stereocenters. The van der Waals surface area contributed by atoms with Gasteiger partial charge in [-0.1, -0.05) is 17.7 Å². The summed E-state index contributed by atoms with van der Waals surface area (Å²) in [4.78, 5) is 11.7. The zero-order chi connectivity index (χ0) is 12.3. The van der Waals surface area contributed by atoms with E-state index in [2.05, 4.69) is 0 Å². The first kappa shape index (κ1) is 12.8. The van der Waals surface area contributed by atoms with Crippen molar-refractivity contribution >= 4 is 17.6 Å². The molecule has 0 spiro atoms. The van der Waals surface area contributed by atoms with E-state index in [4.69, 9.17) is 16.3 Å². The number of phenols is 1. The van der Waals surface area contributed by atoms with Crippen LogP contribution in [-0.4, -0.2) is 17.7 Å². The van der Waals surface area contributed by atoms with Crippen molar-refractivity contribution in [1.82, 2.24) is 0 Å². The maximum Gasteiger partial charge on any atom is 0.315 e. The van der Waals surface area contributed by atoms with E-state index in [1.165, 1.54) is 6.07 Å². The van der Waals surface area contributed by atoms with Crippen molar-refractivity contribution < 1.29 is 14.6 Å². The van der Waals surface area contributed by atoms with E-state index < -0.39 is 5.41 Å². The lowest BCUT2D eigenvalue weighted by atomic mass is 9.85. The summed E-state index contributed by atoms with van der Waals surface area (Å²) in [6, 6.07) is 4.71. The summed E-state index contributed by atoms with van der Waals surface area (Å²) in [5.74, 6) is -0.304. The molecule has 3 nitrogen and oxygen atoms in total. The maximum atomic E-state index is 11.7. The van der Waals surface area contributed by atoms with Crippen molar-refractivity contribution in [3.05, 3.63) is 28.8 Å². The molecule has 0 saturated heterocycles. The Morgan fingerprint density at radius 1 is 1.50 bits per heavy atom. The van der Waals surface area contributed by atoms with Gasteiger partial charge < -0.3 is 9.84 Å². The van der Waals surface area contributed by atoms with E-state index >= 15 is 0 Å². The molecule has 1 aromatic rings. The van der Waals surface area contributed by atoms with E-state index in [1.54, 1.807) is 32.9 Å². The highest BCUT2D eigenvalue weighted by atomic mass is 35.5. The molecule has 1 aromatic carbocycles. The maximum absolute atomic E-state index is 11.7. The van der Waals surface area contributed by atoms with Crippen molar-refractivity contribution in [2.45, 2.75) is 26.2 Å². The van der Waals surface area contributed by atoms with Gasteiger partial charge in [-0.05, 0) is 38.5 Å². The highest BCUT2D eigenvalue weighted by Crippen LogP contribution is 2.31. The number of ether oxygens (including phenoxy) is 1. The van der Waals surface area contributed by atoms with Crippen molar-refractivity contribution in [3.8, 4) is 5.75 Å². The Bertz CT molecular complexity index is 399. The largest absolute Gasteiger partial charge is 0.506 e. The van der Waals surface area contributed by atoms with Gasteiger partial charge in [-0.15, -0.1) is 0 Å². The van der Waals surface area contributed by atoms with Crippen LogP contribution in [-0.2, 0) is 14.9 Å². The van der Waals surface area contributed by atoms with Gasteiger partial charge in [0.25, 0.3) is 0 Å². The van der Waals surface area contributed by atoms with Gasteiger partial charge in [-0.3, -0.25) is 4.79 Å². The van der Waals surface area contributed by atoms with Gasteiger partial charge in [0.15, 0.2) is 0 Å². The third-order valence-electron chi connectivity index (χ3n) is 2.46. The third-order valence-corrected chi connectivity index (χ3v) is 2.76. The van der Waals surface area contributed by atoms with Crippen molar-refractivity contribution in [3.63, 3.8) is 0 Å². The molecule has 16 heavy (non-hydrogen) atoms. The fourth-order valence-electron chi connectivity index (χ4n) is 1.33. The first-order chi connectivity index (χ1) is 7.39. The molecule has 0 aliphatic heterocycles. The predicted molar refractivity (Wildman–Crippen MR) is 62.8 cm³/mol. The number of phenolic OH excluding ortho intramolecular Hbond substituents is 1. The zero-order valence-electron chi connectivity index (χ0n) is 9.58. The lowest BCUT2D eigenvalue weighted by molar-refractivity contribution is -0.148. The Morgan fingerprint density at radius 3 is 2.62 bits per heavy atom. The fourth-order valence-corrected chi connectivity index (χ4v) is 1.51. The molecule has 0 aromatic heterocycles. The molecule has 0 aliphatic carbocycles. The predicted octanol–water partition coefficient (Wildman–Crippen LogP) is 2.89. The van der Waals surface area contributed by atoms with Gasteiger partial charge >= 0.3 is 5.97 Å². The topological polar surface area (TPSA) is 46.5 Å². The second-order valence-electron chi connectivity index (χ2n) is 4.01. The summed E-state index contributed by atoms with van der Waals surface area (Å²) in [7, 11) is 0. The Balaban J connectivity index is 3.06. The number of halogens is 1. The second kappa shape index (κ2) is 4.74. The normalized spacial score (nSPS) is 11.2. The molecule has 0 unspecified atom stereocenters. The van der Waals surface area contributed by atoms with E-state index in [9.17, 15) is 9.90 Å². The van der Waals surface area contributed by atoms with E-state index in [-0.39, 0.29) is 16.7 Å². The van der Waals surface area contributed by atoms with Gasteiger partial charge in [0.2, 0.25) is 0 Å². The number of esters is 1. The monoisotopic (exact) mass is 242 g/mol. The van der Waals surface area contributed by atoms with E-state index in [1.807, 2.05) is 0 Å². The average molecular weight is 243 g/mol. The van der Waals surface area contributed by atoms with Crippen LogP contribution in [0.4, 0.5) is 0 Å². The molecule has 1 N–H and O–H groups in total. The quantitative estimate of drug-likeness (QED) is 0.829. The van der Waals surface area contributed by atoms with Crippen LogP contribution in [0.15, 0.2) is 18.2 Å². The van der Waals surface area contributed by atoms with E-state index in [0.717, 1.165) is 0 Å². The second-order valence-corrected chi connectivity index (χ2v) is 4.42. The molecular formula is C12H15ClO3. The SMILES string of the molecule is CCOC(=O)C(C)(C)c1ccc(O)c(Cl)c1. The molecule has 0 bridgehead atoms. The molecule has 0 fully saturated rings. The van der Waals surface area contributed by atoms with Crippen LogP contribution in [0.2, 0.25) is 5.02 Å². The molecule has 88 valence electrons. The molecule has 0 saturated carbocycles. The van der Waals surface area contributed by atoms with Crippen molar-refractivity contribution in [2.75, 3.05) is 6.61 Å². The number of hydrogen-bond acceptors (Lipinski definition) is 3. The molecule has 0 aliphatic rings. The number of carbonyl (C=O) groups excluding carboxylic acids is 1. The minimum absolute atomic E-state index is 0.00470. The van der Waals surface area contributed by atoms with Gasteiger partial charge in [0.1, 0.15) is 5.75 Å². The molecule has 0 radical (unpaired) electrons. The van der Waals surface area contributed by atoms with Crippen LogP contribution >= 0.6 is 11.6 Å².